The molecular weight excluding hydrogens is 366 g/mol. The third kappa shape index (κ3) is 4.86. The molecule has 2 rings (SSSR count). The van der Waals surface area contributed by atoms with Crippen molar-refractivity contribution in [2.75, 3.05) is 5.32 Å². The number of nitrogens with zero attached hydrogens (tertiary/aromatic N) is 1. The smallest absolute Gasteiger partial charge is 0.269 e. The molecule has 0 aliphatic heterocycles. The number of aliphatic hydroxyl groups excluding tert-OH is 1. The maximum atomic E-state index is 14.6. The first-order valence-corrected chi connectivity index (χ1v) is 8.64. The summed E-state index contributed by atoms with van der Waals surface area (Å²) in [6, 6.07) is 9.54. The summed E-state index contributed by atoms with van der Waals surface area (Å²) >= 11 is 0. The van der Waals surface area contributed by atoms with Crippen LogP contribution in [-0.2, 0) is 4.79 Å². The predicted octanol–water partition coefficient (Wildman–Crippen LogP) is 5.10. The molecule has 0 aliphatic carbocycles. The second-order valence-corrected chi connectivity index (χ2v) is 6.20. The first kappa shape index (κ1) is 20.9. The van der Waals surface area contributed by atoms with E-state index in [4.69, 9.17) is 10.00 Å². The van der Waals surface area contributed by atoms with Gasteiger partial charge < -0.3 is 15.2 Å². The number of hydrogen-bond donors (Lipinski definition) is 2. The van der Waals surface area contributed by atoms with Crippen molar-refractivity contribution in [3.05, 3.63) is 59.4 Å². The highest BCUT2D eigenvalue weighted by Gasteiger charge is 2.19. The Labute approximate surface area is 161 Å². The third-order valence-corrected chi connectivity index (χ3v) is 4.08. The van der Waals surface area contributed by atoms with E-state index < -0.39 is 28.9 Å². The SMILES string of the molecule is CCC(C)Oc1cc(NC(=O)/C(C#N)=C(/C)O)c(F)cc1-c1ccc(F)cc1. The number of benzene rings is 2. The molecule has 0 aromatic heterocycles. The van der Waals surface area contributed by atoms with Crippen LogP contribution in [0.3, 0.4) is 0 Å². The zero-order chi connectivity index (χ0) is 20.8. The molecule has 0 fully saturated rings. The molecule has 2 N–H and O–H groups in total. The van der Waals surface area contributed by atoms with Crippen molar-refractivity contribution in [3.8, 4) is 22.9 Å². The molecule has 0 radical (unpaired) electrons. The first-order chi connectivity index (χ1) is 13.3. The topological polar surface area (TPSA) is 82.3 Å². The van der Waals surface area contributed by atoms with Crippen LogP contribution in [0, 0.1) is 23.0 Å². The number of amides is 1. The van der Waals surface area contributed by atoms with Crippen LogP contribution < -0.4 is 10.1 Å². The minimum atomic E-state index is -0.939. The summed E-state index contributed by atoms with van der Waals surface area (Å²) in [5, 5.41) is 20.6. The summed E-state index contributed by atoms with van der Waals surface area (Å²) in [7, 11) is 0. The summed E-state index contributed by atoms with van der Waals surface area (Å²) in [5.41, 5.74) is 0.208. The average molecular weight is 386 g/mol. The Morgan fingerprint density at radius 1 is 1.29 bits per heavy atom. The van der Waals surface area contributed by atoms with Gasteiger partial charge in [-0.25, -0.2) is 8.78 Å². The highest BCUT2D eigenvalue weighted by atomic mass is 19.1. The van der Waals surface area contributed by atoms with E-state index in [1.165, 1.54) is 43.3 Å². The molecule has 2 aromatic rings. The van der Waals surface area contributed by atoms with Gasteiger partial charge in [0.2, 0.25) is 0 Å². The number of rotatable bonds is 6. The van der Waals surface area contributed by atoms with Crippen molar-refractivity contribution in [2.45, 2.75) is 33.3 Å². The minimum Gasteiger partial charge on any atom is -0.511 e. The number of hydrogen-bond acceptors (Lipinski definition) is 4. The normalized spacial score (nSPS) is 12.6. The summed E-state index contributed by atoms with van der Waals surface area (Å²) in [6.07, 6.45) is 0.495. The molecule has 1 amide bonds. The first-order valence-electron chi connectivity index (χ1n) is 8.64. The monoisotopic (exact) mass is 386 g/mol. The number of allylic oxidation sites excluding steroid dienone is 1. The van der Waals surface area contributed by atoms with Crippen LogP contribution in [0.15, 0.2) is 47.7 Å². The van der Waals surface area contributed by atoms with E-state index in [1.807, 2.05) is 13.8 Å². The molecule has 2 aromatic carbocycles. The number of nitrogens with one attached hydrogen (secondary N) is 1. The van der Waals surface area contributed by atoms with Gasteiger partial charge in [-0.3, -0.25) is 4.79 Å². The van der Waals surface area contributed by atoms with Gasteiger partial charge in [-0.05, 0) is 44.0 Å². The zero-order valence-electron chi connectivity index (χ0n) is 15.7. The van der Waals surface area contributed by atoms with Gasteiger partial charge in [-0.1, -0.05) is 19.1 Å². The van der Waals surface area contributed by atoms with Crippen LogP contribution in [0.4, 0.5) is 14.5 Å². The van der Waals surface area contributed by atoms with Crippen molar-refractivity contribution >= 4 is 11.6 Å². The molecule has 0 spiro atoms. The molecule has 1 unspecified atom stereocenters. The predicted molar refractivity (Wildman–Crippen MR) is 102 cm³/mol. The number of aliphatic hydroxyl groups is 1. The van der Waals surface area contributed by atoms with Crippen molar-refractivity contribution < 1.29 is 23.4 Å². The van der Waals surface area contributed by atoms with Crippen LogP contribution in [0.2, 0.25) is 0 Å². The summed E-state index contributed by atoms with van der Waals surface area (Å²) in [6.45, 7) is 4.94. The molecule has 0 aliphatic rings. The number of anilines is 1. The highest BCUT2D eigenvalue weighted by molar-refractivity contribution is 6.07. The second-order valence-electron chi connectivity index (χ2n) is 6.20. The van der Waals surface area contributed by atoms with Gasteiger partial charge in [0.1, 0.15) is 29.2 Å². The number of halogens is 2. The Morgan fingerprint density at radius 2 is 1.93 bits per heavy atom. The summed E-state index contributed by atoms with van der Waals surface area (Å²) in [5.74, 6) is -2.31. The van der Waals surface area contributed by atoms with Gasteiger partial charge in [0.05, 0.1) is 11.8 Å². The van der Waals surface area contributed by atoms with E-state index in [0.717, 1.165) is 0 Å². The Bertz CT molecular complexity index is 943. The zero-order valence-corrected chi connectivity index (χ0v) is 15.7. The Hall–Kier alpha value is -3.40. The van der Waals surface area contributed by atoms with E-state index in [-0.39, 0.29) is 11.8 Å². The molecule has 146 valence electrons. The van der Waals surface area contributed by atoms with Gasteiger partial charge in [-0.2, -0.15) is 5.26 Å². The lowest BCUT2D eigenvalue weighted by Gasteiger charge is -2.18. The standard InChI is InChI=1S/C21H20F2N2O3/c1-4-12(2)28-20-10-19(25-21(27)17(11-24)13(3)26)18(23)9-16(20)14-5-7-15(22)8-6-14/h5-10,12,26H,4H2,1-3H3,(H,25,27)/b17-13-. The van der Waals surface area contributed by atoms with Gasteiger partial charge in [0.15, 0.2) is 5.57 Å². The second kappa shape index (κ2) is 9.00. The number of carbonyl (C=O) groups is 1. The maximum Gasteiger partial charge on any atom is 0.269 e. The number of carbonyl (C=O) groups excluding carboxylic acids is 1. The van der Waals surface area contributed by atoms with Gasteiger partial charge >= 0.3 is 0 Å². The van der Waals surface area contributed by atoms with Gasteiger partial charge in [-0.15, -0.1) is 0 Å². The highest BCUT2D eigenvalue weighted by Crippen LogP contribution is 2.35. The van der Waals surface area contributed by atoms with Gasteiger partial charge in [0, 0.05) is 11.6 Å². The molecule has 0 saturated carbocycles. The molecule has 28 heavy (non-hydrogen) atoms. The molecule has 7 heteroatoms. The van der Waals surface area contributed by atoms with Crippen molar-refractivity contribution in [3.63, 3.8) is 0 Å². The average Bonchev–Trinajstić information content (AvgIpc) is 2.65. The van der Waals surface area contributed by atoms with Crippen LogP contribution in [0.5, 0.6) is 5.75 Å². The van der Waals surface area contributed by atoms with E-state index in [1.54, 1.807) is 6.07 Å². The minimum absolute atomic E-state index is 0.192. The van der Waals surface area contributed by atoms with Crippen LogP contribution in [0.1, 0.15) is 27.2 Å². The third-order valence-electron chi connectivity index (χ3n) is 4.08. The Balaban J connectivity index is 2.51. The lowest BCUT2D eigenvalue weighted by molar-refractivity contribution is -0.112. The fourth-order valence-electron chi connectivity index (χ4n) is 2.38. The molecule has 1 atom stereocenters. The molecule has 5 nitrogen and oxygen atoms in total. The van der Waals surface area contributed by atoms with E-state index in [2.05, 4.69) is 5.32 Å². The van der Waals surface area contributed by atoms with Gasteiger partial charge in [0.25, 0.3) is 5.91 Å². The van der Waals surface area contributed by atoms with Crippen molar-refractivity contribution in [1.82, 2.24) is 0 Å². The summed E-state index contributed by atoms with van der Waals surface area (Å²) in [4.78, 5) is 12.1. The number of nitriles is 1. The van der Waals surface area contributed by atoms with E-state index in [9.17, 15) is 18.7 Å². The van der Waals surface area contributed by atoms with Crippen LogP contribution in [0.25, 0.3) is 11.1 Å². The summed E-state index contributed by atoms with van der Waals surface area (Å²) < 4.78 is 33.7. The lowest BCUT2D eigenvalue weighted by atomic mass is 10.0. The Morgan fingerprint density at radius 3 is 2.46 bits per heavy atom. The largest absolute Gasteiger partial charge is 0.511 e. The molecule has 0 bridgehead atoms. The fourth-order valence-corrected chi connectivity index (χ4v) is 2.38. The molecular formula is C21H20F2N2O3. The van der Waals surface area contributed by atoms with E-state index in [0.29, 0.717) is 23.3 Å². The lowest BCUT2D eigenvalue weighted by Crippen LogP contribution is -2.17. The fraction of sp³-hybridized carbons (Fsp3) is 0.238. The quantitative estimate of drug-likeness (QED) is 0.411. The van der Waals surface area contributed by atoms with Crippen LogP contribution >= 0.6 is 0 Å². The van der Waals surface area contributed by atoms with Crippen molar-refractivity contribution in [1.29, 1.82) is 5.26 Å². The molecule has 0 heterocycles. The Kier molecular flexibility index (Phi) is 6.72. The van der Waals surface area contributed by atoms with Crippen LogP contribution in [-0.4, -0.2) is 17.1 Å². The maximum absolute atomic E-state index is 14.6. The molecule has 0 saturated heterocycles. The van der Waals surface area contributed by atoms with E-state index >= 15 is 0 Å². The number of ether oxygens (including phenoxy) is 1. The van der Waals surface area contributed by atoms with Crippen molar-refractivity contribution in [2.24, 2.45) is 0 Å².